The lowest BCUT2D eigenvalue weighted by atomic mass is 10.3. The number of rotatable bonds is 3. The van der Waals surface area contributed by atoms with Crippen molar-refractivity contribution in [3.05, 3.63) is 30.1 Å². The Balaban J connectivity index is 2.23. The summed E-state index contributed by atoms with van der Waals surface area (Å²) in [7, 11) is 0. The molecule has 4 nitrogen and oxygen atoms in total. The summed E-state index contributed by atoms with van der Waals surface area (Å²) in [5.41, 5.74) is 1.92. The van der Waals surface area contributed by atoms with Crippen LogP contribution in [-0.2, 0) is 4.79 Å². The van der Waals surface area contributed by atoms with Gasteiger partial charge in [-0.25, -0.2) is 4.98 Å². The summed E-state index contributed by atoms with van der Waals surface area (Å²) in [5.74, 6) is 0.830. The summed E-state index contributed by atoms with van der Waals surface area (Å²) >= 11 is 0. The number of amides is 1. The molecule has 1 atom stereocenters. The third-order valence-corrected chi connectivity index (χ3v) is 2.52. The van der Waals surface area contributed by atoms with E-state index in [4.69, 9.17) is 0 Å². The zero-order chi connectivity index (χ0) is 11.5. The molecule has 0 bridgehead atoms. The van der Waals surface area contributed by atoms with Gasteiger partial charge in [0.15, 0.2) is 0 Å². The van der Waals surface area contributed by atoms with Crippen LogP contribution in [0.1, 0.15) is 32.1 Å². The van der Waals surface area contributed by atoms with E-state index in [-0.39, 0.29) is 11.9 Å². The molecule has 1 heterocycles. The van der Waals surface area contributed by atoms with Gasteiger partial charge in [-0.05, 0) is 19.1 Å². The fourth-order valence-electron chi connectivity index (χ4n) is 1.59. The topological polar surface area (TPSA) is 57.8 Å². The number of carbonyl (C=O) groups is 1. The van der Waals surface area contributed by atoms with Crippen LogP contribution in [0, 0.1) is 0 Å². The van der Waals surface area contributed by atoms with Crippen molar-refractivity contribution in [2.45, 2.75) is 26.3 Å². The van der Waals surface area contributed by atoms with Gasteiger partial charge in [0, 0.05) is 6.42 Å². The van der Waals surface area contributed by atoms with Crippen molar-refractivity contribution in [3.8, 4) is 0 Å². The van der Waals surface area contributed by atoms with Crippen LogP contribution in [0.2, 0.25) is 0 Å². The number of hydrogen-bond donors (Lipinski definition) is 2. The van der Waals surface area contributed by atoms with E-state index in [2.05, 4.69) is 15.3 Å². The number of nitrogens with zero attached hydrogens (tertiary/aromatic N) is 1. The highest BCUT2D eigenvalue weighted by molar-refractivity contribution is 5.77. The number of aromatic nitrogens is 2. The zero-order valence-electron chi connectivity index (χ0n) is 9.45. The Hall–Kier alpha value is -1.84. The first-order valence-electron chi connectivity index (χ1n) is 5.44. The van der Waals surface area contributed by atoms with Gasteiger partial charge in [-0.1, -0.05) is 19.1 Å². The van der Waals surface area contributed by atoms with Gasteiger partial charge in [0.25, 0.3) is 0 Å². The first-order valence-corrected chi connectivity index (χ1v) is 5.44. The largest absolute Gasteiger partial charge is 0.346 e. The molecule has 0 saturated heterocycles. The third-order valence-electron chi connectivity index (χ3n) is 2.52. The normalized spacial score (nSPS) is 12.6. The van der Waals surface area contributed by atoms with E-state index >= 15 is 0 Å². The number of carbonyl (C=O) groups excluding carboxylic acids is 1. The Kier molecular flexibility index (Phi) is 2.90. The lowest BCUT2D eigenvalue weighted by molar-refractivity contribution is -0.121. The number of para-hydroxylation sites is 2. The highest BCUT2D eigenvalue weighted by Crippen LogP contribution is 2.15. The molecule has 4 heteroatoms. The maximum absolute atomic E-state index is 11.3. The monoisotopic (exact) mass is 217 g/mol. The predicted molar refractivity (Wildman–Crippen MR) is 62.9 cm³/mol. The van der Waals surface area contributed by atoms with Gasteiger partial charge >= 0.3 is 0 Å². The Labute approximate surface area is 94.1 Å². The van der Waals surface area contributed by atoms with Crippen LogP contribution in [0.4, 0.5) is 0 Å². The molecule has 2 aromatic rings. The average Bonchev–Trinajstić information content (AvgIpc) is 2.72. The minimum absolute atomic E-state index is 0.0351. The van der Waals surface area contributed by atoms with Gasteiger partial charge in [-0.2, -0.15) is 0 Å². The number of H-pyrrole nitrogens is 1. The summed E-state index contributed by atoms with van der Waals surface area (Å²) in [4.78, 5) is 18.9. The van der Waals surface area contributed by atoms with Gasteiger partial charge in [-0.15, -0.1) is 0 Å². The zero-order valence-corrected chi connectivity index (χ0v) is 9.45. The molecule has 1 aromatic heterocycles. The van der Waals surface area contributed by atoms with Gasteiger partial charge in [0.05, 0.1) is 17.1 Å². The molecule has 0 aliphatic heterocycles. The lowest BCUT2D eigenvalue weighted by Gasteiger charge is -2.09. The van der Waals surface area contributed by atoms with E-state index in [9.17, 15) is 4.79 Å². The van der Waals surface area contributed by atoms with Gasteiger partial charge in [0.1, 0.15) is 5.82 Å². The van der Waals surface area contributed by atoms with Gasteiger partial charge in [-0.3, -0.25) is 4.79 Å². The molecule has 0 spiro atoms. The number of nitrogens with one attached hydrogen (secondary N) is 2. The Morgan fingerprint density at radius 3 is 2.94 bits per heavy atom. The Morgan fingerprint density at radius 2 is 2.25 bits per heavy atom. The smallest absolute Gasteiger partial charge is 0.220 e. The van der Waals surface area contributed by atoms with E-state index in [1.165, 1.54) is 0 Å². The molecular weight excluding hydrogens is 202 g/mol. The quantitative estimate of drug-likeness (QED) is 0.827. The summed E-state index contributed by atoms with van der Waals surface area (Å²) < 4.78 is 0. The molecule has 1 aromatic carbocycles. The van der Waals surface area contributed by atoms with Gasteiger partial charge < -0.3 is 10.3 Å². The van der Waals surface area contributed by atoms with Crippen LogP contribution in [-0.4, -0.2) is 15.9 Å². The van der Waals surface area contributed by atoms with Crippen molar-refractivity contribution in [3.63, 3.8) is 0 Å². The number of hydrogen-bond acceptors (Lipinski definition) is 2. The molecule has 0 aliphatic carbocycles. The van der Waals surface area contributed by atoms with Crippen LogP contribution < -0.4 is 5.32 Å². The standard InChI is InChI=1S/C12H15N3O/c1-3-11(16)13-8(2)12-14-9-6-4-5-7-10(9)15-12/h4-8H,3H2,1-2H3,(H,13,16)(H,14,15). The first kappa shape index (κ1) is 10.7. The predicted octanol–water partition coefficient (Wildman–Crippen LogP) is 2.15. The maximum Gasteiger partial charge on any atom is 0.220 e. The maximum atomic E-state index is 11.3. The molecule has 2 rings (SSSR count). The summed E-state index contributed by atoms with van der Waals surface area (Å²) in [6.45, 7) is 3.76. The number of fused-ring (bicyclic) bond motifs is 1. The average molecular weight is 217 g/mol. The first-order chi connectivity index (χ1) is 7.70. The van der Waals surface area contributed by atoms with E-state index in [0.29, 0.717) is 6.42 Å². The molecule has 0 radical (unpaired) electrons. The second-order valence-corrected chi connectivity index (χ2v) is 3.78. The minimum atomic E-state index is -0.0835. The lowest BCUT2D eigenvalue weighted by Crippen LogP contribution is -2.26. The van der Waals surface area contributed by atoms with Gasteiger partial charge in [0.2, 0.25) is 5.91 Å². The van der Waals surface area contributed by atoms with Crippen molar-refractivity contribution in [2.75, 3.05) is 0 Å². The molecule has 16 heavy (non-hydrogen) atoms. The summed E-state index contributed by atoms with van der Waals surface area (Å²) in [6.07, 6.45) is 0.491. The van der Waals surface area contributed by atoms with Crippen LogP contribution in [0.25, 0.3) is 11.0 Å². The molecule has 1 unspecified atom stereocenters. The SMILES string of the molecule is CCC(=O)NC(C)c1nc2ccccc2[nH]1. The van der Waals surface area contributed by atoms with Crippen molar-refractivity contribution >= 4 is 16.9 Å². The van der Waals surface area contributed by atoms with E-state index in [1.54, 1.807) is 0 Å². The van der Waals surface area contributed by atoms with Crippen molar-refractivity contribution in [1.82, 2.24) is 15.3 Å². The second kappa shape index (κ2) is 4.35. The van der Waals surface area contributed by atoms with Crippen LogP contribution >= 0.6 is 0 Å². The Morgan fingerprint density at radius 1 is 1.50 bits per heavy atom. The number of imidazole rings is 1. The fraction of sp³-hybridized carbons (Fsp3) is 0.333. The van der Waals surface area contributed by atoms with Crippen LogP contribution in [0.3, 0.4) is 0 Å². The fourth-order valence-corrected chi connectivity index (χ4v) is 1.59. The molecule has 2 N–H and O–H groups in total. The minimum Gasteiger partial charge on any atom is -0.346 e. The molecule has 0 aliphatic rings. The van der Waals surface area contributed by atoms with Crippen molar-refractivity contribution < 1.29 is 4.79 Å². The molecule has 84 valence electrons. The molecule has 1 amide bonds. The van der Waals surface area contributed by atoms with Crippen molar-refractivity contribution in [1.29, 1.82) is 0 Å². The number of aromatic amines is 1. The van der Waals surface area contributed by atoms with Crippen molar-refractivity contribution in [2.24, 2.45) is 0 Å². The summed E-state index contributed by atoms with van der Waals surface area (Å²) in [5, 5.41) is 2.87. The summed E-state index contributed by atoms with van der Waals surface area (Å²) in [6, 6.07) is 7.74. The highest BCUT2D eigenvalue weighted by atomic mass is 16.1. The van der Waals surface area contributed by atoms with Crippen LogP contribution in [0.5, 0.6) is 0 Å². The molecular formula is C12H15N3O. The van der Waals surface area contributed by atoms with Crippen LogP contribution in [0.15, 0.2) is 24.3 Å². The molecule has 0 fully saturated rings. The van der Waals surface area contributed by atoms with E-state index < -0.39 is 0 Å². The second-order valence-electron chi connectivity index (χ2n) is 3.78. The Bertz CT molecular complexity index is 471. The van der Waals surface area contributed by atoms with E-state index in [0.717, 1.165) is 16.9 Å². The van der Waals surface area contributed by atoms with E-state index in [1.807, 2.05) is 38.1 Å². The molecule has 0 saturated carbocycles. The third kappa shape index (κ3) is 2.05. The highest BCUT2D eigenvalue weighted by Gasteiger charge is 2.11. The number of benzene rings is 1.